The number of hydrogen-bond acceptors (Lipinski definition) is 2. The van der Waals surface area contributed by atoms with E-state index in [4.69, 9.17) is 4.99 Å². The summed E-state index contributed by atoms with van der Waals surface area (Å²) in [4.78, 5) is 18.7. The van der Waals surface area contributed by atoms with Crippen molar-refractivity contribution in [2.24, 2.45) is 4.99 Å². The molecule has 5 nitrogen and oxygen atoms in total. The Kier molecular flexibility index (Phi) is 14.3. The van der Waals surface area contributed by atoms with E-state index in [1.807, 2.05) is 0 Å². The average Bonchev–Trinajstić information content (AvgIpc) is 2.98. The predicted molar refractivity (Wildman–Crippen MR) is 118 cm³/mol. The van der Waals surface area contributed by atoms with Crippen LogP contribution < -0.4 is 10.6 Å². The van der Waals surface area contributed by atoms with E-state index in [1.54, 1.807) is 0 Å². The molecule has 1 fully saturated rings. The first kappa shape index (κ1) is 24.5. The highest BCUT2D eigenvalue weighted by Crippen LogP contribution is 2.18. The summed E-state index contributed by atoms with van der Waals surface area (Å²) in [6, 6.07) is 0.782. The van der Waals surface area contributed by atoms with E-state index in [0.29, 0.717) is 18.0 Å². The predicted octanol–water partition coefficient (Wildman–Crippen LogP) is 3.92. The minimum atomic E-state index is 0. The van der Waals surface area contributed by atoms with Crippen LogP contribution in [-0.2, 0) is 4.79 Å². The topological polar surface area (TPSA) is 56.7 Å². The highest BCUT2D eigenvalue weighted by Gasteiger charge is 2.26. The summed E-state index contributed by atoms with van der Waals surface area (Å²) >= 11 is 0. The van der Waals surface area contributed by atoms with Gasteiger partial charge in [-0.3, -0.25) is 9.79 Å². The molecule has 1 rings (SSSR count). The van der Waals surface area contributed by atoms with E-state index in [2.05, 4.69) is 43.2 Å². The van der Waals surface area contributed by atoms with Gasteiger partial charge in [-0.2, -0.15) is 0 Å². The maximum atomic E-state index is 11.9. The van der Waals surface area contributed by atoms with Crippen LogP contribution in [0.15, 0.2) is 4.99 Å². The Morgan fingerprint density at radius 1 is 1.24 bits per heavy atom. The molecule has 6 heteroatoms. The lowest BCUT2D eigenvalue weighted by Gasteiger charge is -2.26. The Hall–Kier alpha value is -0.530. The van der Waals surface area contributed by atoms with E-state index in [0.717, 1.165) is 51.3 Å². The molecule has 1 amide bonds. The fourth-order valence-corrected chi connectivity index (χ4v) is 3.29. The van der Waals surface area contributed by atoms with Crippen LogP contribution in [0.2, 0.25) is 0 Å². The van der Waals surface area contributed by atoms with Gasteiger partial charge in [-0.05, 0) is 39.5 Å². The zero-order valence-electron chi connectivity index (χ0n) is 16.6. The lowest BCUT2D eigenvalue weighted by atomic mass is 10.1. The van der Waals surface area contributed by atoms with Crippen LogP contribution in [0.5, 0.6) is 0 Å². The molecule has 0 saturated carbocycles. The summed E-state index contributed by atoms with van der Waals surface area (Å²) in [5, 5.41) is 6.84. The molecule has 1 heterocycles. The van der Waals surface area contributed by atoms with Crippen LogP contribution in [-0.4, -0.2) is 48.5 Å². The number of likely N-dealkylation sites (tertiary alicyclic amines) is 1. The number of hydrogen-bond donors (Lipinski definition) is 2. The number of halogens is 1. The summed E-state index contributed by atoms with van der Waals surface area (Å²) in [6.07, 6.45) is 8.69. The molecule has 0 aromatic heterocycles. The van der Waals surface area contributed by atoms with Gasteiger partial charge in [0, 0.05) is 38.1 Å². The third-order valence-corrected chi connectivity index (χ3v) is 4.72. The van der Waals surface area contributed by atoms with Crippen LogP contribution in [0.3, 0.4) is 0 Å². The molecule has 0 radical (unpaired) electrons. The van der Waals surface area contributed by atoms with Gasteiger partial charge < -0.3 is 15.5 Å². The maximum Gasteiger partial charge on any atom is 0.222 e. The van der Waals surface area contributed by atoms with Crippen molar-refractivity contribution in [1.82, 2.24) is 15.5 Å². The number of aliphatic imine (C=N–C) groups is 1. The van der Waals surface area contributed by atoms with Gasteiger partial charge in [-0.15, -0.1) is 24.0 Å². The van der Waals surface area contributed by atoms with Gasteiger partial charge >= 0.3 is 0 Å². The van der Waals surface area contributed by atoms with Gasteiger partial charge in [0.15, 0.2) is 5.96 Å². The number of rotatable bonds is 11. The van der Waals surface area contributed by atoms with Crippen LogP contribution in [0, 0.1) is 0 Å². The quantitative estimate of drug-likeness (QED) is 0.210. The molecule has 0 aromatic carbocycles. The fourth-order valence-electron chi connectivity index (χ4n) is 3.29. The fraction of sp³-hybridized carbons (Fsp3) is 0.895. The van der Waals surface area contributed by atoms with Crippen molar-refractivity contribution in [3.8, 4) is 0 Å². The Morgan fingerprint density at radius 3 is 2.56 bits per heavy atom. The number of guanidine groups is 1. The van der Waals surface area contributed by atoms with E-state index < -0.39 is 0 Å². The van der Waals surface area contributed by atoms with Gasteiger partial charge in [-0.25, -0.2) is 0 Å². The van der Waals surface area contributed by atoms with Gasteiger partial charge in [-0.1, -0.05) is 33.1 Å². The standard InChI is InChI=1S/C19H38N4O.HI/c1-5-8-9-11-16(4)22-19(20-7-3)21-14-13-17(6-2)23-15-10-12-18(23)24;/h16-17H,5-15H2,1-4H3,(H2,20,21,22);1H. The third-order valence-electron chi connectivity index (χ3n) is 4.72. The van der Waals surface area contributed by atoms with Crippen molar-refractivity contribution in [2.75, 3.05) is 19.6 Å². The molecule has 2 atom stereocenters. The highest BCUT2D eigenvalue weighted by atomic mass is 127. The van der Waals surface area contributed by atoms with Crippen LogP contribution in [0.1, 0.15) is 79.1 Å². The van der Waals surface area contributed by atoms with Crippen molar-refractivity contribution in [2.45, 2.75) is 91.1 Å². The zero-order valence-corrected chi connectivity index (χ0v) is 19.0. The van der Waals surface area contributed by atoms with Crippen molar-refractivity contribution in [3.05, 3.63) is 0 Å². The number of carbonyl (C=O) groups is 1. The second-order valence-corrected chi connectivity index (χ2v) is 6.84. The van der Waals surface area contributed by atoms with Crippen molar-refractivity contribution in [1.29, 1.82) is 0 Å². The summed E-state index contributed by atoms with van der Waals surface area (Å²) in [6.45, 7) is 11.3. The van der Waals surface area contributed by atoms with Crippen LogP contribution in [0.25, 0.3) is 0 Å². The molecule has 25 heavy (non-hydrogen) atoms. The third kappa shape index (κ3) is 9.66. The molecule has 0 bridgehead atoms. The Labute approximate surface area is 171 Å². The zero-order chi connectivity index (χ0) is 17.8. The molecular formula is C19H39IN4O. The van der Waals surface area contributed by atoms with Crippen molar-refractivity contribution < 1.29 is 4.79 Å². The summed E-state index contributed by atoms with van der Waals surface area (Å²) < 4.78 is 0. The van der Waals surface area contributed by atoms with E-state index in [9.17, 15) is 4.79 Å². The van der Waals surface area contributed by atoms with Gasteiger partial charge in [0.05, 0.1) is 0 Å². The maximum absolute atomic E-state index is 11.9. The van der Waals surface area contributed by atoms with Gasteiger partial charge in [0.1, 0.15) is 0 Å². The van der Waals surface area contributed by atoms with E-state index >= 15 is 0 Å². The molecule has 2 N–H and O–H groups in total. The molecule has 0 aromatic rings. The normalized spacial score (nSPS) is 17.2. The first-order chi connectivity index (χ1) is 11.6. The molecule has 1 aliphatic rings. The summed E-state index contributed by atoms with van der Waals surface area (Å²) in [5.74, 6) is 1.23. The second kappa shape index (κ2) is 14.6. The number of amides is 1. The van der Waals surface area contributed by atoms with Gasteiger partial charge in [0.2, 0.25) is 5.91 Å². The average molecular weight is 466 g/mol. The molecule has 2 unspecified atom stereocenters. The van der Waals surface area contributed by atoms with E-state index in [-0.39, 0.29) is 24.0 Å². The van der Waals surface area contributed by atoms with Crippen LogP contribution in [0.4, 0.5) is 0 Å². The number of carbonyl (C=O) groups excluding carboxylic acids is 1. The van der Waals surface area contributed by atoms with Crippen molar-refractivity contribution >= 4 is 35.8 Å². The number of nitrogens with zero attached hydrogens (tertiary/aromatic N) is 2. The first-order valence-electron chi connectivity index (χ1n) is 9.96. The SMILES string of the molecule is CCCCCC(C)NC(=NCCC(CC)N1CCCC1=O)NCC.I. The molecule has 148 valence electrons. The number of nitrogens with one attached hydrogen (secondary N) is 2. The molecule has 0 aliphatic carbocycles. The van der Waals surface area contributed by atoms with Gasteiger partial charge in [0.25, 0.3) is 0 Å². The summed E-state index contributed by atoms with van der Waals surface area (Å²) in [7, 11) is 0. The Balaban J connectivity index is 0.00000576. The largest absolute Gasteiger partial charge is 0.357 e. The molecule has 1 saturated heterocycles. The first-order valence-corrected chi connectivity index (χ1v) is 9.96. The van der Waals surface area contributed by atoms with E-state index in [1.165, 1.54) is 25.7 Å². The minimum Gasteiger partial charge on any atom is -0.357 e. The smallest absolute Gasteiger partial charge is 0.222 e. The van der Waals surface area contributed by atoms with Crippen LogP contribution >= 0.6 is 24.0 Å². The van der Waals surface area contributed by atoms with Crippen molar-refractivity contribution in [3.63, 3.8) is 0 Å². The second-order valence-electron chi connectivity index (χ2n) is 6.84. The lowest BCUT2D eigenvalue weighted by molar-refractivity contribution is -0.129. The molecule has 0 spiro atoms. The monoisotopic (exact) mass is 466 g/mol. The Morgan fingerprint density at radius 2 is 2.00 bits per heavy atom. The molecular weight excluding hydrogens is 427 g/mol. The lowest BCUT2D eigenvalue weighted by Crippen LogP contribution is -2.42. The molecule has 1 aliphatic heterocycles. The highest BCUT2D eigenvalue weighted by molar-refractivity contribution is 14.0. The number of unbranched alkanes of at least 4 members (excludes halogenated alkanes) is 2. The minimum absolute atomic E-state index is 0. The summed E-state index contributed by atoms with van der Waals surface area (Å²) in [5.41, 5.74) is 0. The Bertz CT molecular complexity index is 390.